The summed E-state index contributed by atoms with van der Waals surface area (Å²) in [6, 6.07) is 15.8. The van der Waals surface area contributed by atoms with Crippen LogP contribution in [0.5, 0.6) is 5.75 Å². The number of nitrogens with one attached hydrogen (secondary N) is 1. The van der Waals surface area contributed by atoms with E-state index < -0.39 is 5.91 Å². The second-order valence-electron chi connectivity index (χ2n) is 5.08. The van der Waals surface area contributed by atoms with E-state index in [1.165, 1.54) is 6.08 Å². The average Bonchev–Trinajstić information content (AvgIpc) is 2.60. The van der Waals surface area contributed by atoms with Gasteiger partial charge in [0.05, 0.1) is 5.02 Å². The monoisotopic (exact) mass is 351 g/mol. The van der Waals surface area contributed by atoms with Crippen molar-refractivity contribution >= 4 is 29.3 Å². The number of ether oxygens (including phenoxy) is 1. The number of hydrogen-bond donors (Lipinski definition) is 1. The van der Waals surface area contributed by atoms with Crippen LogP contribution in [0.15, 0.2) is 48.0 Å². The maximum Gasteiger partial charge on any atom is 0.266 e. The van der Waals surface area contributed by atoms with E-state index in [-0.39, 0.29) is 12.2 Å². The molecule has 0 aromatic heterocycles. The van der Waals surface area contributed by atoms with Crippen molar-refractivity contribution in [3.63, 3.8) is 0 Å². The predicted octanol–water partition coefficient (Wildman–Crippen LogP) is 4.10. The Morgan fingerprint density at radius 3 is 2.68 bits per heavy atom. The highest BCUT2D eigenvalue weighted by molar-refractivity contribution is 6.32. The lowest BCUT2D eigenvalue weighted by Gasteiger charge is -2.08. The summed E-state index contributed by atoms with van der Waals surface area (Å²) in [6.07, 6.45) is 1.44. The molecule has 1 N–H and O–H groups in total. The van der Waals surface area contributed by atoms with E-state index in [9.17, 15) is 10.1 Å². The fraction of sp³-hybridized carbons (Fsp3) is 0.105. The number of carbonyl (C=O) groups is 1. The molecule has 0 saturated heterocycles. The molecule has 0 aliphatic carbocycles. The molecule has 0 fully saturated rings. The van der Waals surface area contributed by atoms with Gasteiger partial charge in [0.2, 0.25) is 0 Å². The first-order valence-corrected chi connectivity index (χ1v) is 7.71. The molecule has 2 rings (SSSR count). The molecule has 0 atom stereocenters. The van der Waals surface area contributed by atoms with E-state index in [0.29, 0.717) is 22.0 Å². The third-order valence-electron chi connectivity index (χ3n) is 3.32. The fourth-order valence-corrected chi connectivity index (χ4v) is 2.30. The van der Waals surface area contributed by atoms with Crippen LogP contribution in [0.25, 0.3) is 6.08 Å². The number of benzene rings is 2. The summed E-state index contributed by atoms with van der Waals surface area (Å²) in [5.41, 5.74) is 2.07. The van der Waals surface area contributed by atoms with Crippen LogP contribution in [-0.4, -0.2) is 12.5 Å². The molecule has 0 aliphatic rings. The minimum atomic E-state index is -0.502. The van der Waals surface area contributed by atoms with Crippen molar-refractivity contribution in [1.29, 1.82) is 10.5 Å². The SMILES string of the molecule is Cc1ccccc1NC(=O)/C(C#N)=C/c1ccc(OCC#N)c(Cl)c1. The van der Waals surface area contributed by atoms with Crippen LogP contribution in [-0.2, 0) is 4.79 Å². The van der Waals surface area contributed by atoms with Crippen molar-refractivity contribution in [2.24, 2.45) is 0 Å². The zero-order chi connectivity index (χ0) is 18.2. The Morgan fingerprint density at radius 1 is 1.28 bits per heavy atom. The van der Waals surface area contributed by atoms with E-state index in [1.807, 2.05) is 31.2 Å². The maximum atomic E-state index is 12.3. The van der Waals surface area contributed by atoms with Gasteiger partial charge in [0.15, 0.2) is 6.61 Å². The third-order valence-corrected chi connectivity index (χ3v) is 3.61. The predicted molar refractivity (Wildman–Crippen MR) is 96.0 cm³/mol. The van der Waals surface area contributed by atoms with Crippen molar-refractivity contribution in [3.8, 4) is 17.9 Å². The van der Waals surface area contributed by atoms with Crippen LogP contribution in [0, 0.1) is 29.6 Å². The number of hydrogen-bond acceptors (Lipinski definition) is 4. The summed E-state index contributed by atoms with van der Waals surface area (Å²) in [5, 5.41) is 20.8. The Morgan fingerprint density at radius 2 is 2.04 bits per heavy atom. The van der Waals surface area contributed by atoms with E-state index in [4.69, 9.17) is 21.6 Å². The van der Waals surface area contributed by atoms with Crippen molar-refractivity contribution in [1.82, 2.24) is 0 Å². The first-order valence-electron chi connectivity index (χ1n) is 7.33. The second kappa shape index (κ2) is 8.54. The third kappa shape index (κ3) is 4.84. The topological polar surface area (TPSA) is 85.9 Å². The van der Waals surface area contributed by atoms with E-state index in [2.05, 4.69) is 5.32 Å². The number of nitrogens with zero attached hydrogens (tertiary/aromatic N) is 2. The summed E-state index contributed by atoms with van der Waals surface area (Å²) in [6.45, 7) is 1.75. The molecule has 25 heavy (non-hydrogen) atoms. The van der Waals surface area contributed by atoms with Gasteiger partial charge in [0.25, 0.3) is 5.91 Å². The van der Waals surface area contributed by atoms with Gasteiger partial charge in [-0.25, -0.2) is 0 Å². The lowest BCUT2D eigenvalue weighted by atomic mass is 10.1. The molecule has 0 spiro atoms. The molecule has 5 nitrogen and oxygen atoms in total. The van der Waals surface area contributed by atoms with Gasteiger partial charge < -0.3 is 10.1 Å². The minimum absolute atomic E-state index is 0.0509. The second-order valence-corrected chi connectivity index (χ2v) is 5.48. The molecule has 2 aromatic carbocycles. The highest BCUT2D eigenvalue weighted by Gasteiger charge is 2.11. The lowest BCUT2D eigenvalue weighted by Crippen LogP contribution is -2.14. The standard InChI is InChI=1S/C19H14ClN3O2/c1-13-4-2-3-5-17(13)23-19(24)15(12-22)10-14-6-7-18(16(20)11-14)25-9-8-21/h2-7,10-11H,9H2,1H3,(H,23,24)/b15-10+. The van der Waals surface area contributed by atoms with Crippen molar-refractivity contribution in [2.75, 3.05) is 11.9 Å². The molecular weight excluding hydrogens is 338 g/mol. The summed E-state index contributed by atoms with van der Waals surface area (Å²) in [7, 11) is 0. The summed E-state index contributed by atoms with van der Waals surface area (Å²) in [4.78, 5) is 12.3. The van der Waals surface area contributed by atoms with Crippen LogP contribution in [0.2, 0.25) is 5.02 Å². The van der Waals surface area contributed by atoms with E-state index >= 15 is 0 Å². The molecule has 1 amide bonds. The largest absolute Gasteiger partial charge is 0.477 e. The molecule has 6 heteroatoms. The van der Waals surface area contributed by atoms with Crippen LogP contribution >= 0.6 is 11.6 Å². The molecular formula is C19H14ClN3O2. The van der Waals surface area contributed by atoms with E-state index in [0.717, 1.165) is 5.56 Å². The van der Waals surface area contributed by atoms with Gasteiger partial charge in [-0.3, -0.25) is 4.79 Å². The Labute approximate surface area is 150 Å². The number of halogens is 1. The molecule has 0 aliphatic heterocycles. The summed E-state index contributed by atoms with van der Waals surface area (Å²) >= 11 is 6.07. The number of para-hydroxylation sites is 1. The molecule has 0 saturated carbocycles. The smallest absolute Gasteiger partial charge is 0.266 e. The first kappa shape index (κ1) is 18.1. The quantitative estimate of drug-likeness (QED) is 0.649. The van der Waals surface area contributed by atoms with Crippen molar-refractivity contribution < 1.29 is 9.53 Å². The maximum absolute atomic E-state index is 12.3. The zero-order valence-electron chi connectivity index (χ0n) is 13.4. The van der Waals surface area contributed by atoms with Crippen molar-refractivity contribution in [3.05, 3.63) is 64.2 Å². The van der Waals surface area contributed by atoms with Gasteiger partial charge in [0, 0.05) is 5.69 Å². The number of carbonyl (C=O) groups excluding carboxylic acids is 1. The average molecular weight is 352 g/mol. The Bertz CT molecular complexity index is 908. The van der Waals surface area contributed by atoms with Crippen LogP contribution in [0.1, 0.15) is 11.1 Å². The summed E-state index contributed by atoms with van der Waals surface area (Å²) in [5.74, 6) is -0.138. The number of anilines is 1. The van der Waals surface area contributed by atoms with Crippen molar-refractivity contribution in [2.45, 2.75) is 6.92 Å². The summed E-state index contributed by atoms with van der Waals surface area (Å²) < 4.78 is 5.15. The van der Waals surface area contributed by atoms with Gasteiger partial charge in [-0.15, -0.1) is 0 Å². The Kier molecular flexibility index (Phi) is 6.17. The van der Waals surface area contributed by atoms with Gasteiger partial charge in [-0.05, 0) is 42.3 Å². The van der Waals surface area contributed by atoms with Crippen LogP contribution in [0.3, 0.4) is 0 Å². The first-order chi connectivity index (χ1) is 12.0. The Balaban J connectivity index is 2.21. The molecule has 0 heterocycles. The lowest BCUT2D eigenvalue weighted by molar-refractivity contribution is -0.112. The van der Waals surface area contributed by atoms with Crippen LogP contribution in [0.4, 0.5) is 5.69 Å². The number of nitriles is 2. The van der Waals surface area contributed by atoms with Gasteiger partial charge in [-0.1, -0.05) is 35.9 Å². The number of aryl methyl sites for hydroxylation is 1. The fourth-order valence-electron chi connectivity index (χ4n) is 2.05. The van der Waals surface area contributed by atoms with Gasteiger partial charge in [0.1, 0.15) is 23.5 Å². The minimum Gasteiger partial charge on any atom is -0.477 e. The number of amides is 1. The zero-order valence-corrected chi connectivity index (χ0v) is 14.2. The van der Waals surface area contributed by atoms with Gasteiger partial charge in [-0.2, -0.15) is 10.5 Å². The van der Waals surface area contributed by atoms with Crippen LogP contribution < -0.4 is 10.1 Å². The van der Waals surface area contributed by atoms with E-state index in [1.54, 1.807) is 30.3 Å². The van der Waals surface area contributed by atoms with Gasteiger partial charge >= 0.3 is 0 Å². The molecule has 0 unspecified atom stereocenters. The molecule has 2 aromatic rings. The molecule has 0 radical (unpaired) electrons. The highest BCUT2D eigenvalue weighted by Crippen LogP contribution is 2.26. The highest BCUT2D eigenvalue weighted by atomic mass is 35.5. The normalized spacial score (nSPS) is 10.5. The molecule has 124 valence electrons. The molecule has 0 bridgehead atoms. The number of rotatable bonds is 5. The Hall–Kier alpha value is -3.28.